The molecule has 130 valence electrons. The fourth-order valence-corrected chi connectivity index (χ4v) is 2.50. The van der Waals surface area contributed by atoms with Crippen LogP contribution in [0, 0.1) is 5.92 Å². The number of rotatable bonds is 5. The third kappa shape index (κ3) is 3.61. The summed E-state index contributed by atoms with van der Waals surface area (Å²) in [7, 11) is 0. The Morgan fingerprint density at radius 3 is 2.31 bits per heavy atom. The molecule has 0 spiro atoms. The summed E-state index contributed by atoms with van der Waals surface area (Å²) in [5, 5.41) is 5.68. The molecule has 2 heterocycles. The van der Waals surface area contributed by atoms with Gasteiger partial charge >= 0.3 is 0 Å². The average molecular weight is 347 g/mol. The fourth-order valence-electron chi connectivity index (χ4n) is 2.50. The molecule has 3 aromatic rings. The largest absolute Gasteiger partial charge is 0.326 e. The summed E-state index contributed by atoms with van der Waals surface area (Å²) in [4.78, 5) is 32.3. The summed E-state index contributed by atoms with van der Waals surface area (Å²) < 4.78 is 1.76. The molecule has 7 nitrogen and oxygen atoms in total. The van der Waals surface area contributed by atoms with Crippen LogP contribution in [0.25, 0.3) is 5.82 Å². The van der Waals surface area contributed by atoms with E-state index in [1.165, 1.54) is 6.20 Å². The van der Waals surface area contributed by atoms with Gasteiger partial charge in [0.2, 0.25) is 5.91 Å². The van der Waals surface area contributed by atoms with E-state index < -0.39 is 0 Å². The number of anilines is 2. The number of amides is 2. The smallest absolute Gasteiger partial charge is 0.257 e. The monoisotopic (exact) mass is 347 g/mol. The van der Waals surface area contributed by atoms with E-state index in [1.54, 1.807) is 59.7 Å². The first kappa shape index (κ1) is 16.0. The van der Waals surface area contributed by atoms with E-state index in [-0.39, 0.29) is 17.7 Å². The van der Waals surface area contributed by atoms with Gasteiger partial charge in [-0.15, -0.1) is 0 Å². The standard InChI is InChI=1S/C19H17N5O2/c25-18(13-1-2-13)22-15-4-6-16(7-5-15)23-19(26)14-3-8-17(21-11-14)24-10-9-20-12-24/h3-13H,1-2H2,(H,22,25)(H,23,26). The first-order chi connectivity index (χ1) is 12.7. The first-order valence-corrected chi connectivity index (χ1v) is 8.36. The Bertz CT molecular complexity index is 914. The Balaban J connectivity index is 1.38. The van der Waals surface area contributed by atoms with Gasteiger partial charge in [0, 0.05) is 35.9 Å². The fraction of sp³-hybridized carbons (Fsp3) is 0.158. The highest BCUT2D eigenvalue weighted by molar-refractivity contribution is 6.04. The zero-order valence-electron chi connectivity index (χ0n) is 13.9. The lowest BCUT2D eigenvalue weighted by Gasteiger charge is -2.08. The molecule has 2 amide bonds. The van der Waals surface area contributed by atoms with E-state index >= 15 is 0 Å². The van der Waals surface area contributed by atoms with E-state index in [1.807, 2.05) is 0 Å². The van der Waals surface area contributed by atoms with Gasteiger partial charge in [-0.05, 0) is 49.2 Å². The summed E-state index contributed by atoms with van der Waals surface area (Å²) in [6.07, 6.45) is 8.55. The molecule has 1 fully saturated rings. The highest BCUT2D eigenvalue weighted by atomic mass is 16.2. The van der Waals surface area contributed by atoms with Crippen molar-refractivity contribution in [2.75, 3.05) is 10.6 Å². The molecule has 0 atom stereocenters. The summed E-state index contributed by atoms with van der Waals surface area (Å²) in [6, 6.07) is 10.5. The SMILES string of the molecule is O=C(Nc1ccc(NC(=O)C2CC2)cc1)c1ccc(-n2ccnc2)nc1. The quantitative estimate of drug-likeness (QED) is 0.743. The van der Waals surface area contributed by atoms with Gasteiger partial charge in [0.15, 0.2) is 0 Å². The normalized spacial score (nSPS) is 13.2. The van der Waals surface area contributed by atoms with Crippen LogP contribution in [-0.4, -0.2) is 26.3 Å². The zero-order valence-corrected chi connectivity index (χ0v) is 13.9. The Morgan fingerprint density at radius 2 is 1.73 bits per heavy atom. The summed E-state index contributed by atoms with van der Waals surface area (Å²) >= 11 is 0. The van der Waals surface area contributed by atoms with Crippen LogP contribution in [0.1, 0.15) is 23.2 Å². The Morgan fingerprint density at radius 1 is 1.00 bits per heavy atom. The molecule has 0 bridgehead atoms. The van der Waals surface area contributed by atoms with Crippen LogP contribution in [0.4, 0.5) is 11.4 Å². The Hall–Kier alpha value is -3.48. The lowest BCUT2D eigenvalue weighted by molar-refractivity contribution is -0.117. The van der Waals surface area contributed by atoms with E-state index in [0.717, 1.165) is 18.5 Å². The molecule has 0 aliphatic heterocycles. The van der Waals surface area contributed by atoms with Crippen molar-refractivity contribution in [2.45, 2.75) is 12.8 Å². The number of imidazole rings is 1. The van der Waals surface area contributed by atoms with Crippen LogP contribution in [0.3, 0.4) is 0 Å². The molecule has 0 unspecified atom stereocenters. The highest BCUT2D eigenvalue weighted by Crippen LogP contribution is 2.30. The van der Waals surface area contributed by atoms with Gasteiger partial charge in [-0.3, -0.25) is 14.2 Å². The molecule has 7 heteroatoms. The minimum Gasteiger partial charge on any atom is -0.326 e. The molecule has 1 saturated carbocycles. The maximum Gasteiger partial charge on any atom is 0.257 e. The highest BCUT2D eigenvalue weighted by Gasteiger charge is 2.29. The lowest BCUT2D eigenvalue weighted by atomic mass is 10.2. The Labute approximate surface area is 150 Å². The number of carbonyl (C=O) groups is 2. The van der Waals surface area contributed by atoms with Crippen LogP contribution in [0.5, 0.6) is 0 Å². The maximum absolute atomic E-state index is 12.3. The van der Waals surface area contributed by atoms with Crippen molar-refractivity contribution < 1.29 is 9.59 Å². The second kappa shape index (κ2) is 6.79. The van der Waals surface area contributed by atoms with E-state index in [2.05, 4.69) is 20.6 Å². The number of hydrogen-bond acceptors (Lipinski definition) is 4. The molecule has 2 aromatic heterocycles. The number of aromatic nitrogens is 3. The predicted molar refractivity (Wildman–Crippen MR) is 97.1 cm³/mol. The molecule has 1 aliphatic carbocycles. The van der Waals surface area contributed by atoms with Gasteiger partial charge in [-0.25, -0.2) is 9.97 Å². The minimum atomic E-state index is -0.246. The maximum atomic E-state index is 12.3. The molecule has 2 N–H and O–H groups in total. The molecular formula is C19H17N5O2. The van der Waals surface area contributed by atoms with Crippen LogP contribution in [0.15, 0.2) is 61.3 Å². The third-order valence-electron chi connectivity index (χ3n) is 4.14. The van der Waals surface area contributed by atoms with E-state index in [0.29, 0.717) is 17.1 Å². The molecule has 1 aromatic carbocycles. The number of carbonyl (C=O) groups excluding carboxylic acids is 2. The summed E-state index contributed by atoms with van der Waals surface area (Å²) in [5.41, 5.74) is 1.84. The predicted octanol–water partition coefficient (Wildman–Crippen LogP) is 2.87. The number of pyridine rings is 1. The van der Waals surface area contributed by atoms with Gasteiger partial charge in [0.05, 0.1) is 5.56 Å². The van der Waals surface area contributed by atoms with Crippen molar-refractivity contribution in [2.24, 2.45) is 5.92 Å². The number of hydrogen-bond donors (Lipinski definition) is 2. The minimum absolute atomic E-state index is 0.0610. The molecule has 1 aliphatic rings. The number of nitrogens with one attached hydrogen (secondary N) is 2. The lowest BCUT2D eigenvalue weighted by Crippen LogP contribution is -2.14. The Kier molecular flexibility index (Phi) is 4.18. The molecule has 4 rings (SSSR count). The van der Waals surface area contributed by atoms with Crippen molar-refractivity contribution in [1.82, 2.24) is 14.5 Å². The van der Waals surface area contributed by atoms with Crippen LogP contribution < -0.4 is 10.6 Å². The summed E-state index contributed by atoms with van der Waals surface area (Å²) in [5.74, 6) is 0.664. The first-order valence-electron chi connectivity index (χ1n) is 8.36. The molecule has 0 radical (unpaired) electrons. The van der Waals surface area contributed by atoms with Crippen molar-refractivity contribution in [3.63, 3.8) is 0 Å². The van der Waals surface area contributed by atoms with Gasteiger partial charge in [0.1, 0.15) is 12.1 Å². The van der Waals surface area contributed by atoms with Gasteiger partial charge < -0.3 is 10.6 Å². The van der Waals surface area contributed by atoms with Crippen LogP contribution >= 0.6 is 0 Å². The summed E-state index contributed by atoms with van der Waals surface area (Å²) in [6.45, 7) is 0. The van der Waals surface area contributed by atoms with Crippen molar-refractivity contribution in [3.05, 3.63) is 66.9 Å². The zero-order chi connectivity index (χ0) is 17.9. The molecule has 26 heavy (non-hydrogen) atoms. The van der Waals surface area contributed by atoms with Gasteiger partial charge in [0.25, 0.3) is 5.91 Å². The second-order valence-corrected chi connectivity index (χ2v) is 6.17. The topological polar surface area (TPSA) is 88.9 Å². The van der Waals surface area contributed by atoms with Crippen LogP contribution in [-0.2, 0) is 4.79 Å². The number of nitrogens with zero attached hydrogens (tertiary/aromatic N) is 3. The van der Waals surface area contributed by atoms with Gasteiger partial charge in [-0.2, -0.15) is 0 Å². The molecule has 0 saturated heterocycles. The van der Waals surface area contributed by atoms with E-state index in [9.17, 15) is 9.59 Å². The van der Waals surface area contributed by atoms with Gasteiger partial charge in [-0.1, -0.05) is 0 Å². The second-order valence-electron chi connectivity index (χ2n) is 6.17. The molecular weight excluding hydrogens is 330 g/mol. The van der Waals surface area contributed by atoms with Crippen LogP contribution in [0.2, 0.25) is 0 Å². The third-order valence-corrected chi connectivity index (χ3v) is 4.14. The van der Waals surface area contributed by atoms with Crippen molar-refractivity contribution in [1.29, 1.82) is 0 Å². The number of benzene rings is 1. The van der Waals surface area contributed by atoms with Crippen molar-refractivity contribution in [3.8, 4) is 5.82 Å². The van der Waals surface area contributed by atoms with E-state index in [4.69, 9.17) is 0 Å². The average Bonchev–Trinajstić information content (AvgIpc) is 3.38. The van der Waals surface area contributed by atoms with Crippen molar-refractivity contribution >= 4 is 23.2 Å².